The molecule has 0 aliphatic heterocycles. The third-order valence-corrected chi connectivity index (χ3v) is 6.70. The van der Waals surface area contributed by atoms with Crippen LogP contribution >= 0.6 is 11.3 Å². The van der Waals surface area contributed by atoms with Gasteiger partial charge >= 0.3 is 0 Å². The highest BCUT2D eigenvalue weighted by molar-refractivity contribution is 7.91. The number of hydrogen-bond donors (Lipinski definition) is 2. The second-order valence-electron chi connectivity index (χ2n) is 6.04. The van der Waals surface area contributed by atoms with Gasteiger partial charge in [-0.25, -0.2) is 17.5 Å². The van der Waals surface area contributed by atoms with Crippen molar-refractivity contribution in [3.63, 3.8) is 0 Å². The Kier molecular flexibility index (Phi) is 5.82. The molecular weight excluding hydrogens is 403 g/mol. The Hall–Kier alpha value is -2.69. The summed E-state index contributed by atoms with van der Waals surface area (Å²) in [7, 11) is -3.96. The first-order chi connectivity index (χ1) is 13.3. The van der Waals surface area contributed by atoms with Crippen LogP contribution in [-0.4, -0.2) is 24.5 Å². The van der Waals surface area contributed by atoms with E-state index in [-0.39, 0.29) is 9.47 Å². The van der Waals surface area contributed by atoms with E-state index >= 15 is 0 Å². The predicted octanol–water partition coefficient (Wildman–Crippen LogP) is 3.28. The van der Waals surface area contributed by atoms with Crippen molar-refractivity contribution in [1.29, 1.82) is 0 Å². The van der Waals surface area contributed by atoms with Crippen LogP contribution in [0.2, 0.25) is 0 Å². The lowest BCUT2D eigenvalue weighted by molar-refractivity contribution is 0.102. The van der Waals surface area contributed by atoms with Crippen molar-refractivity contribution in [3.8, 4) is 0 Å². The van der Waals surface area contributed by atoms with Crippen molar-refractivity contribution < 1.29 is 17.6 Å². The number of aromatic nitrogens is 2. The number of rotatable bonds is 6. The number of benzene rings is 2. The predicted molar refractivity (Wildman–Crippen MR) is 104 cm³/mol. The summed E-state index contributed by atoms with van der Waals surface area (Å²) >= 11 is 0.744. The molecule has 0 aliphatic carbocycles. The fraction of sp³-hybridized carbons (Fsp3) is 0.167. The van der Waals surface area contributed by atoms with E-state index in [4.69, 9.17) is 0 Å². The first kappa shape index (κ1) is 20.1. The number of anilines is 1. The SMILES string of the molecule is Cc1ccccc1C(=O)Nc1nnc(S(=O)(=O)NC(C)c2ccc(F)cc2)s1. The molecule has 0 spiro atoms. The lowest BCUT2D eigenvalue weighted by Crippen LogP contribution is -2.26. The van der Waals surface area contributed by atoms with Gasteiger partial charge in [-0.05, 0) is 43.2 Å². The number of nitrogens with one attached hydrogen (secondary N) is 2. The number of amides is 1. The van der Waals surface area contributed by atoms with Crippen LogP contribution < -0.4 is 10.0 Å². The van der Waals surface area contributed by atoms with Crippen molar-refractivity contribution in [3.05, 3.63) is 71.0 Å². The molecule has 3 rings (SSSR count). The Morgan fingerprint density at radius 3 is 2.46 bits per heavy atom. The number of nitrogens with zero attached hydrogens (tertiary/aromatic N) is 2. The van der Waals surface area contributed by atoms with E-state index in [9.17, 15) is 17.6 Å². The largest absolute Gasteiger partial charge is 0.296 e. The van der Waals surface area contributed by atoms with Gasteiger partial charge in [0, 0.05) is 11.6 Å². The molecule has 1 unspecified atom stereocenters. The molecule has 0 radical (unpaired) electrons. The Balaban J connectivity index is 1.72. The Bertz CT molecular complexity index is 1100. The van der Waals surface area contributed by atoms with E-state index in [2.05, 4.69) is 20.2 Å². The van der Waals surface area contributed by atoms with Crippen molar-refractivity contribution in [2.24, 2.45) is 0 Å². The second-order valence-corrected chi connectivity index (χ2v) is 8.90. The molecule has 0 saturated carbocycles. The summed E-state index contributed by atoms with van der Waals surface area (Å²) in [5.74, 6) is -0.803. The molecule has 28 heavy (non-hydrogen) atoms. The Labute approximate surface area is 165 Å². The van der Waals surface area contributed by atoms with Gasteiger partial charge in [-0.1, -0.05) is 41.7 Å². The molecule has 2 aromatic carbocycles. The van der Waals surface area contributed by atoms with Crippen molar-refractivity contribution in [2.75, 3.05) is 5.32 Å². The van der Waals surface area contributed by atoms with Gasteiger partial charge in [0.25, 0.3) is 15.9 Å². The van der Waals surface area contributed by atoms with Crippen LogP contribution in [0.4, 0.5) is 9.52 Å². The minimum absolute atomic E-state index is 0.0723. The molecule has 0 saturated heterocycles. The van der Waals surface area contributed by atoms with Gasteiger partial charge in [0.2, 0.25) is 9.47 Å². The fourth-order valence-corrected chi connectivity index (χ4v) is 4.61. The standard InChI is InChI=1S/C18H17FN4O3S2/c1-11-5-3-4-6-15(11)16(24)20-17-21-22-18(27-17)28(25,26)23-12(2)13-7-9-14(19)10-8-13/h3-10,12,23H,1-2H3,(H,20,21,24). The third kappa shape index (κ3) is 4.58. The molecule has 0 aliphatic rings. The maximum atomic E-state index is 13.0. The highest BCUT2D eigenvalue weighted by atomic mass is 32.2. The van der Waals surface area contributed by atoms with Crippen LogP contribution in [0.3, 0.4) is 0 Å². The zero-order valence-electron chi connectivity index (χ0n) is 15.0. The van der Waals surface area contributed by atoms with Crippen molar-refractivity contribution in [1.82, 2.24) is 14.9 Å². The molecule has 2 N–H and O–H groups in total. The highest BCUT2D eigenvalue weighted by Gasteiger charge is 2.24. The zero-order chi connectivity index (χ0) is 20.3. The van der Waals surface area contributed by atoms with Gasteiger partial charge in [-0.2, -0.15) is 0 Å². The fourth-order valence-electron chi connectivity index (χ4n) is 2.46. The number of halogens is 1. The minimum atomic E-state index is -3.96. The molecule has 1 aromatic heterocycles. The van der Waals surface area contributed by atoms with E-state index in [1.807, 2.05) is 6.07 Å². The molecule has 1 atom stereocenters. The van der Waals surface area contributed by atoms with Gasteiger partial charge < -0.3 is 0 Å². The average molecular weight is 420 g/mol. The first-order valence-corrected chi connectivity index (χ1v) is 10.5. The molecule has 1 heterocycles. The summed E-state index contributed by atoms with van der Waals surface area (Å²) in [4.78, 5) is 12.3. The monoisotopic (exact) mass is 420 g/mol. The summed E-state index contributed by atoms with van der Waals surface area (Å²) in [6, 6.07) is 11.9. The van der Waals surface area contributed by atoms with E-state index in [1.165, 1.54) is 24.3 Å². The smallest absolute Gasteiger partial charge is 0.270 e. The summed E-state index contributed by atoms with van der Waals surface area (Å²) in [5, 5.41) is 10.0. The summed E-state index contributed by atoms with van der Waals surface area (Å²) in [5.41, 5.74) is 1.85. The molecule has 1 amide bonds. The highest BCUT2D eigenvalue weighted by Crippen LogP contribution is 2.23. The summed E-state index contributed by atoms with van der Waals surface area (Å²) in [6.07, 6.45) is 0. The number of carbonyl (C=O) groups excluding carboxylic acids is 1. The van der Waals surface area contributed by atoms with Crippen molar-refractivity contribution in [2.45, 2.75) is 24.2 Å². The quantitative estimate of drug-likeness (QED) is 0.596. The van der Waals surface area contributed by atoms with Crippen LogP contribution in [0.1, 0.15) is 34.5 Å². The average Bonchev–Trinajstić information content (AvgIpc) is 3.11. The summed E-state index contributed by atoms with van der Waals surface area (Å²) in [6.45, 7) is 3.43. The second kappa shape index (κ2) is 8.13. The van der Waals surface area contributed by atoms with E-state index in [0.717, 1.165) is 16.9 Å². The van der Waals surface area contributed by atoms with Crippen LogP contribution in [0.25, 0.3) is 0 Å². The molecule has 0 fully saturated rings. The molecular formula is C18H17FN4O3S2. The van der Waals surface area contributed by atoms with E-state index < -0.39 is 27.8 Å². The van der Waals surface area contributed by atoms with Crippen LogP contribution in [0, 0.1) is 12.7 Å². The van der Waals surface area contributed by atoms with Crippen LogP contribution in [0.5, 0.6) is 0 Å². The van der Waals surface area contributed by atoms with Crippen molar-refractivity contribution >= 4 is 32.4 Å². The lowest BCUT2D eigenvalue weighted by Gasteiger charge is -2.12. The Morgan fingerprint density at radius 2 is 1.79 bits per heavy atom. The minimum Gasteiger partial charge on any atom is -0.296 e. The number of sulfonamides is 1. The lowest BCUT2D eigenvalue weighted by atomic mass is 10.1. The first-order valence-electron chi connectivity index (χ1n) is 8.24. The van der Waals surface area contributed by atoms with E-state index in [1.54, 1.807) is 32.0 Å². The van der Waals surface area contributed by atoms with Gasteiger partial charge in [0.05, 0.1) is 0 Å². The van der Waals surface area contributed by atoms with Gasteiger partial charge in [0.15, 0.2) is 0 Å². The van der Waals surface area contributed by atoms with Crippen LogP contribution in [0.15, 0.2) is 52.9 Å². The van der Waals surface area contributed by atoms with E-state index in [0.29, 0.717) is 11.1 Å². The normalized spacial score (nSPS) is 12.5. The maximum absolute atomic E-state index is 13.0. The molecule has 7 nitrogen and oxygen atoms in total. The summed E-state index contributed by atoms with van der Waals surface area (Å²) < 4.78 is 40.2. The zero-order valence-corrected chi connectivity index (χ0v) is 16.6. The molecule has 3 aromatic rings. The number of aryl methyl sites for hydroxylation is 1. The number of carbonyl (C=O) groups is 1. The Morgan fingerprint density at radius 1 is 1.11 bits per heavy atom. The third-order valence-electron chi connectivity index (χ3n) is 3.95. The topological polar surface area (TPSA) is 101 Å². The maximum Gasteiger partial charge on any atom is 0.270 e. The van der Waals surface area contributed by atoms with Gasteiger partial charge in [-0.15, -0.1) is 10.2 Å². The molecule has 10 heteroatoms. The van der Waals surface area contributed by atoms with Crippen LogP contribution in [-0.2, 0) is 10.0 Å². The van der Waals surface area contributed by atoms with Gasteiger partial charge in [0.1, 0.15) is 5.82 Å². The van der Waals surface area contributed by atoms with Gasteiger partial charge in [-0.3, -0.25) is 10.1 Å². The molecule has 146 valence electrons. The molecule has 0 bridgehead atoms. The number of hydrogen-bond acceptors (Lipinski definition) is 6.